The Morgan fingerprint density at radius 1 is 1.07 bits per heavy atom. The Labute approximate surface area is 177 Å². The highest BCUT2D eigenvalue weighted by Crippen LogP contribution is 2.22. The number of hydrogen-bond acceptors (Lipinski definition) is 5. The van der Waals surface area contributed by atoms with Crippen molar-refractivity contribution in [3.8, 4) is 11.8 Å². The van der Waals surface area contributed by atoms with Crippen LogP contribution in [0.3, 0.4) is 0 Å². The maximum atomic E-state index is 13.0. The summed E-state index contributed by atoms with van der Waals surface area (Å²) in [5.41, 5.74) is 2.29. The molecule has 0 aromatic heterocycles. The van der Waals surface area contributed by atoms with Gasteiger partial charge in [-0.2, -0.15) is 5.26 Å². The van der Waals surface area contributed by atoms with Crippen LogP contribution in [0.25, 0.3) is 0 Å². The third-order valence-electron chi connectivity index (χ3n) is 5.71. The standard InChI is InChI=1S/C24H27N3O3/c25-17-20-5-1-2-7-23(20)26-12-4-13-27(15-14-26)24(28)19-8-10-21(11-9-19)30-18-22-6-3-16-29-22/h1-2,5,7-11,22H,3-4,6,12-16,18H2. The van der Waals surface area contributed by atoms with Gasteiger partial charge >= 0.3 is 0 Å². The van der Waals surface area contributed by atoms with Crippen molar-refractivity contribution < 1.29 is 14.3 Å². The third kappa shape index (κ3) is 4.74. The Morgan fingerprint density at radius 3 is 2.67 bits per heavy atom. The first-order valence-electron chi connectivity index (χ1n) is 10.6. The molecule has 2 aliphatic heterocycles. The largest absolute Gasteiger partial charge is 0.491 e. The second kappa shape index (κ2) is 9.64. The van der Waals surface area contributed by atoms with Gasteiger partial charge in [-0.05, 0) is 55.7 Å². The molecule has 4 rings (SSSR count). The summed E-state index contributed by atoms with van der Waals surface area (Å²) in [5, 5.41) is 9.37. The SMILES string of the molecule is N#Cc1ccccc1N1CCCN(C(=O)c2ccc(OCC3CCCO3)cc2)CC1. The van der Waals surface area contributed by atoms with Gasteiger partial charge < -0.3 is 19.3 Å². The van der Waals surface area contributed by atoms with Crippen molar-refractivity contribution in [2.24, 2.45) is 0 Å². The van der Waals surface area contributed by atoms with Gasteiger partial charge in [0.1, 0.15) is 18.4 Å². The molecule has 0 spiro atoms. The Bertz CT molecular complexity index is 901. The first kappa shape index (κ1) is 20.2. The highest BCUT2D eigenvalue weighted by molar-refractivity contribution is 5.94. The van der Waals surface area contributed by atoms with Crippen molar-refractivity contribution in [2.75, 3.05) is 44.3 Å². The second-order valence-electron chi connectivity index (χ2n) is 7.73. The number of nitrogens with zero attached hydrogens (tertiary/aromatic N) is 3. The van der Waals surface area contributed by atoms with E-state index in [9.17, 15) is 10.1 Å². The fourth-order valence-corrected chi connectivity index (χ4v) is 4.05. The summed E-state index contributed by atoms with van der Waals surface area (Å²) in [6.07, 6.45) is 3.18. The van der Waals surface area contributed by atoms with Gasteiger partial charge in [-0.15, -0.1) is 0 Å². The van der Waals surface area contributed by atoms with Crippen LogP contribution in [0.15, 0.2) is 48.5 Å². The molecule has 2 saturated heterocycles. The number of hydrogen-bond donors (Lipinski definition) is 0. The van der Waals surface area contributed by atoms with Crippen LogP contribution in [-0.2, 0) is 4.74 Å². The quantitative estimate of drug-likeness (QED) is 0.762. The molecule has 2 heterocycles. The first-order chi connectivity index (χ1) is 14.7. The Morgan fingerprint density at radius 2 is 1.90 bits per heavy atom. The van der Waals surface area contributed by atoms with Gasteiger partial charge in [-0.25, -0.2) is 0 Å². The van der Waals surface area contributed by atoms with E-state index in [2.05, 4.69) is 11.0 Å². The zero-order valence-electron chi connectivity index (χ0n) is 17.1. The lowest BCUT2D eigenvalue weighted by Crippen LogP contribution is -2.35. The summed E-state index contributed by atoms with van der Waals surface area (Å²) in [6.45, 7) is 4.26. The predicted molar refractivity (Wildman–Crippen MR) is 115 cm³/mol. The van der Waals surface area contributed by atoms with E-state index in [4.69, 9.17) is 9.47 Å². The smallest absolute Gasteiger partial charge is 0.253 e. The summed E-state index contributed by atoms with van der Waals surface area (Å²) < 4.78 is 11.4. The lowest BCUT2D eigenvalue weighted by Gasteiger charge is -2.24. The van der Waals surface area contributed by atoms with Crippen molar-refractivity contribution in [1.29, 1.82) is 5.26 Å². The molecule has 1 atom stereocenters. The molecule has 2 fully saturated rings. The normalized spacial score (nSPS) is 19.2. The average molecular weight is 405 g/mol. The van der Waals surface area contributed by atoms with Crippen LogP contribution >= 0.6 is 0 Å². The first-order valence-corrected chi connectivity index (χ1v) is 10.6. The number of amides is 1. The summed E-state index contributed by atoms with van der Waals surface area (Å²) in [4.78, 5) is 17.1. The molecule has 0 bridgehead atoms. The fourth-order valence-electron chi connectivity index (χ4n) is 4.05. The number of anilines is 1. The van der Waals surface area contributed by atoms with Crippen LogP contribution in [0.2, 0.25) is 0 Å². The van der Waals surface area contributed by atoms with Crippen LogP contribution in [0.5, 0.6) is 5.75 Å². The van der Waals surface area contributed by atoms with E-state index in [-0.39, 0.29) is 12.0 Å². The zero-order chi connectivity index (χ0) is 20.8. The molecule has 0 aliphatic carbocycles. The van der Waals surface area contributed by atoms with Crippen molar-refractivity contribution in [1.82, 2.24) is 4.90 Å². The summed E-state index contributed by atoms with van der Waals surface area (Å²) in [7, 11) is 0. The number of rotatable bonds is 5. The van der Waals surface area contributed by atoms with Crippen molar-refractivity contribution in [3.63, 3.8) is 0 Å². The molecule has 156 valence electrons. The highest BCUT2D eigenvalue weighted by Gasteiger charge is 2.22. The molecule has 6 heteroatoms. The fraction of sp³-hybridized carbons (Fsp3) is 0.417. The van der Waals surface area contributed by atoms with E-state index in [0.29, 0.717) is 37.4 Å². The molecule has 2 aromatic rings. The van der Waals surface area contributed by atoms with E-state index < -0.39 is 0 Å². The van der Waals surface area contributed by atoms with Crippen molar-refractivity contribution in [2.45, 2.75) is 25.4 Å². The maximum absolute atomic E-state index is 13.0. The number of nitriles is 1. The predicted octanol–water partition coefficient (Wildman–Crippen LogP) is 3.47. The average Bonchev–Trinajstić information content (AvgIpc) is 3.20. The second-order valence-corrected chi connectivity index (χ2v) is 7.73. The minimum absolute atomic E-state index is 0.0381. The molecule has 30 heavy (non-hydrogen) atoms. The van der Waals surface area contributed by atoms with Gasteiger partial charge in [0.2, 0.25) is 0 Å². The van der Waals surface area contributed by atoms with E-state index >= 15 is 0 Å². The molecular formula is C24H27N3O3. The molecule has 0 saturated carbocycles. The van der Waals surface area contributed by atoms with E-state index in [1.165, 1.54) is 0 Å². The number of para-hydroxylation sites is 1. The number of benzene rings is 2. The Balaban J connectivity index is 1.35. The minimum atomic E-state index is 0.0381. The van der Waals surface area contributed by atoms with Crippen molar-refractivity contribution >= 4 is 11.6 Å². The van der Waals surface area contributed by atoms with Gasteiger partial charge in [-0.3, -0.25) is 4.79 Å². The van der Waals surface area contributed by atoms with Gasteiger partial charge in [0.05, 0.1) is 17.4 Å². The molecule has 0 N–H and O–H groups in total. The molecule has 2 aliphatic rings. The van der Waals surface area contributed by atoms with E-state index in [0.717, 1.165) is 43.9 Å². The lowest BCUT2D eigenvalue weighted by atomic mass is 10.1. The highest BCUT2D eigenvalue weighted by atomic mass is 16.5. The Hall–Kier alpha value is -3.04. The topological polar surface area (TPSA) is 65.8 Å². The molecule has 2 aromatic carbocycles. The van der Waals surface area contributed by atoms with Gasteiger partial charge in [0.25, 0.3) is 5.91 Å². The summed E-state index contributed by atoms with van der Waals surface area (Å²) >= 11 is 0. The monoisotopic (exact) mass is 405 g/mol. The lowest BCUT2D eigenvalue weighted by molar-refractivity contribution is 0.0678. The van der Waals surface area contributed by atoms with E-state index in [1.54, 1.807) is 0 Å². The maximum Gasteiger partial charge on any atom is 0.253 e. The zero-order valence-corrected chi connectivity index (χ0v) is 17.1. The van der Waals surface area contributed by atoms with Crippen LogP contribution in [-0.4, -0.2) is 56.3 Å². The molecule has 1 amide bonds. The van der Waals surface area contributed by atoms with E-state index in [1.807, 2.05) is 53.4 Å². The Kier molecular flexibility index (Phi) is 6.50. The van der Waals surface area contributed by atoms with Gasteiger partial charge in [-0.1, -0.05) is 12.1 Å². The number of carbonyl (C=O) groups excluding carboxylic acids is 1. The minimum Gasteiger partial charge on any atom is -0.491 e. The van der Waals surface area contributed by atoms with Crippen LogP contribution < -0.4 is 9.64 Å². The molecular weight excluding hydrogens is 378 g/mol. The number of ether oxygens (including phenoxy) is 2. The van der Waals surface area contributed by atoms with Crippen LogP contribution in [0, 0.1) is 11.3 Å². The van der Waals surface area contributed by atoms with Gasteiger partial charge in [0, 0.05) is 38.3 Å². The van der Waals surface area contributed by atoms with Crippen LogP contribution in [0.4, 0.5) is 5.69 Å². The third-order valence-corrected chi connectivity index (χ3v) is 5.71. The molecule has 0 radical (unpaired) electrons. The molecule has 6 nitrogen and oxygen atoms in total. The summed E-state index contributed by atoms with van der Waals surface area (Å²) in [5.74, 6) is 0.799. The van der Waals surface area contributed by atoms with Gasteiger partial charge in [0.15, 0.2) is 0 Å². The number of carbonyl (C=O) groups is 1. The molecule has 1 unspecified atom stereocenters. The van der Waals surface area contributed by atoms with Crippen LogP contribution in [0.1, 0.15) is 35.2 Å². The summed E-state index contributed by atoms with van der Waals surface area (Å²) in [6, 6.07) is 17.3. The van der Waals surface area contributed by atoms with Crippen molar-refractivity contribution in [3.05, 3.63) is 59.7 Å².